The van der Waals surface area contributed by atoms with Gasteiger partial charge in [-0.05, 0) is 36.0 Å². The summed E-state index contributed by atoms with van der Waals surface area (Å²) in [4.78, 5) is 0. The lowest BCUT2D eigenvalue weighted by Crippen LogP contribution is -2.42. The molecule has 1 aromatic heterocycles. The molecule has 112 valence electrons. The highest BCUT2D eigenvalue weighted by molar-refractivity contribution is 7.99. The maximum absolute atomic E-state index is 12.8. The van der Waals surface area contributed by atoms with Gasteiger partial charge in [0.2, 0.25) is 0 Å². The molecule has 0 N–H and O–H groups in total. The average molecular weight is 333 g/mol. The first-order valence-corrected chi connectivity index (χ1v) is 8.16. The van der Waals surface area contributed by atoms with Crippen molar-refractivity contribution in [2.45, 2.75) is 11.9 Å². The van der Waals surface area contributed by atoms with Crippen LogP contribution in [0.25, 0.3) is 22.3 Å². The van der Waals surface area contributed by atoms with E-state index in [-0.39, 0.29) is 0 Å². The zero-order valence-corrected chi connectivity index (χ0v) is 13.4. The summed E-state index contributed by atoms with van der Waals surface area (Å²) in [5.74, 6) is 0.696. The molecule has 0 fully saturated rings. The van der Waals surface area contributed by atoms with Crippen LogP contribution < -0.4 is 9.46 Å². The average Bonchev–Trinajstić information content (AvgIpc) is 2.54. The second-order valence-corrected chi connectivity index (χ2v) is 6.36. The SMILES string of the molecule is CCSc1c(-c2ccc(Cl)cc2)[n+]([O-])c2ccccc2[n+]1[O-]. The molecule has 0 aliphatic heterocycles. The van der Waals surface area contributed by atoms with Crippen molar-refractivity contribution in [3.63, 3.8) is 0 Å². The lowest BCUT2D eigenvalue weighted by atomic mass is 10.1. The molecule has 0 spiro atoms. The number of halogens is 1. The zero-order chi connectivity index (χ0) is 15.7. The highest BCUT2D eigenvalue weighted by Gasteiger charge is 2.29. The second-order valence-electron chi connectivity index (χ2n) is 4.67. The van der Waals surface area contributed by atoms with Crippen LogP contribution in [0.15, 0.2) is 53.6 Å². The van der Waals surface area contributed by atoms with Gasteiger partial charge in [0, 0.05) is 22.9 Å². The summed E-state index contributed by atoms with van der Waals surface area (Å²) < 4.78 is 1.66. The maximum atomic E-state index is 12.8. The Kier molecular flexibility index (Phi) is 4.09. The first kappa shape index (κ1) is 14.9. The number of benzene rings is 2. The molecule has 22 heavy (non-hydrogen) atoms. The van der Waals surface area contributed by atoms with Crippen LogP contribution in [0.5, 0.6) is 0 Å². The van der Waals surface area contributed by atoms with Gasteiger partial charge in [0.25, 0.3) is 11.0 Å². The van der Waals surface area contributed by atoms with Crippen LogP contribution in [-0.4, -0.2) is 5.75 Å². The summed E-state index contributed by atoms with van der Waals surface area (Å²) in [6.45, 7) is 1.95. The first-order chi connectivity index (χ1) is 10.6. The highest BCUT2D eigenvalue weighted by Crippen LogP contribution is 2.28. The van der Waals surface area contributed by atoms with E-state index < -0.39 is 0 Å². The number of rotatable bonds is 3. The summed E-state index contributed by atoms with van der Waals surface area (Å²) in [7, 11) is 0. The third-order valence-electron chi connectivity index (χ3n) is 3.31. The van der Waals surface area contributed by atoms with Crippen LogP contribution in [0.4, 0.5) is 0 Å². The Balaban J connectivity index is 2.38. The van der Waals surface area contributed by atoms with E-state index in [4.69, 9.17) is 11.6 Å². The summed E-state index contributed by atoms with van der Waals surface area (Å²) in [5.41, 5.74) is 1.75. The third-order valence-corrected chi connectivity index (χ3v) is 4.48. The number of para-hydroxylation sites is 2. The fourth-order valence-corrected chi connectivity index (χ4v) is 3.29. The lowest BCUT2D eigenvalue weighted by Gasteiger charge is -2.12. The Morgan fingerprint density at radius 2 is 1.55 bits per heavy atom. The van der Waals surface area contributed by atoms with Crippen molar-refractivity contribution in [2.75, 3.05) is 5.75 Å². The second kappa shape index (κ2) is 6.02. The van der Waals surface area contributed by atoms with Gasteiger partial charge in [0.05, 0.1) is 5.56 Å². The predicted octanol–water partition coefficient (Wildman–Crippen LogP) is 3.54. The first-order valence-electron chi connectivity index (χ1n) is 6.80. The molecule has 0 radical (unpaired) electrons. The van der Waals surface area contributed by atoms with Crippen molar-refractivity contribution < 1.29 is 9.46 Å². The van der Waals surface area contributed by atoms with Gasteiger partial charge >= 0.3 is 10.7 Å². The van der Waals surface area contributed by atoms with E-state index in [1.165, 1.54) is 11.8 Å². The highest BCUT2D eigenvalue weighted by atomic mass is 35.5. The molecule has 1 heterocycles. The minimum atomic E-state index is 0.350. The van der Waals surface area contributed by atoms with E-state index in [0.717, 1.165) is 9.46 Å². The molecule has 0 bridgehead atoms. The Morgan fingerprint density at radius 1 is 0.955 bits per heavy atom. The van der Waals surface area contributed by atoms with Crippen molar-refractivity contribution in [3.05, 3.63) is 64.0 Å². The van der Waals surface area contributed by atoms with Crippen LogP contribution in [0.3, 0.4) is 0 Å². The molecule has 2 aromatic carbocycles. The van der Waals surface area contributed by atoms with Crippen LogP contribution in [0.2, 0.25) is 5.02 Å². The maximum Gasteiger partial charge on any atom is 0.326 e. The third kappa shape index (κ3) is 2.46. The van der Waals surface area contributed by atoms with E-state index in [0.29, 0.717) is 38.1 Å². The largest absolute Gasteiger partial charge is 0.617 e. The molecule has 3 rings (SSSR count). The Labute approximate surface area is 137 Å². The molecule has 0 unspecified atom stereocenters. The standard InChI is InChI=1S/C16H13ClN2O2S/c1-2-22-16-15(11-7-9-12(17)10-8-11)18(20)13-5-3-4-6-14(13)19(16)21/h3-10H,2H2,1H3. The summed E-state index contributed by atoms with van der Waals surface area (Å²) in [6.07, 6.45) is 0. The van der Waals surface area contributed by atoms with Crippen molar-refractivity contribution in [1.29, 1.82) is 0 Å². The van der Waals surface area contributed by atoms with Gasteiger partial charge in [-0.15, -0.1) is 4.73 Å². The monoisotopic (exact) mass is 332 g/mol. The van der Waals surface area contributed by atoms with E-state index in [9.17, 15) is 10.4 Å². The van der Waals surface area contributed by atoms with Gasteiger partial charge in [-0.1, -0.05) is 30.7 Å². The smallest absolute Gasteiger partial charge is 0.326 e. The number of hydrogen-bond acceptors (Lipinski definition) is 3. The fraction of sp³-hybridized carbons (Fsp3) is 0.125. The molecule has 0 saturated heterocycles. The topological polar surface area (TPSA) is 53.9 Å². The van der Waals surface area contributed by atoms with Crippen molar-refractivity contribution in [1.82, 2.24) is 0 Å². The molecule has 4 nitrogen and oxygen atoms in total. The zero-order valence-electron chi connectivity index (χ0n) is 11.8. The van der Waals surface area contributed by atoms with Crippen LogP contribution in [-0.2, 0) is 0 Å². The Morgan fingerprint density at radius 3 is 2.14 bits per heavy atom. The van der Waals surface area contributed by atoms with Gasteiger partial charge in [-0.3, -0.25) is 0 Å². The molecule has 0 aliphatic carbocycles. The van der Waals surface area contributed by atoms with Gasteiger partial charge in [0.1, 0.15) is 0 Å². The Bertz CT molecular complexity index is 838. The summed E-state index contributed by atoms with van der Waals surface area (Å²) in [5, 5.41) is 26.4. The lowest BCUT2D eigenvalue weighted by molar-refractivity contribution is -0.653. The van der Waals surface area contributed by atoms with Crippen molar-refractivity contribution in [2.24, 2.45) is 0 Å². The summed E-state index contributed by atoms with van der Waals surface area (Å²) >= 11 is 7.26. The van der Waals surface area contributed by atoms with Crippen molar-refractivity contribution >= 4 is 34.4 Å². The minimum absolute atomic E-state index is 0.350. The number of aromatic nitrogens is 2. The fourth-order valence-electron chi connectivity index (χ4n) is 2.33. The van der Waals surface area contributed by atoms with E-state index in [2.05, 4.69) is 0 Å². The van der Waals surface area contributed by atoms with Crippen molar-refractivity contribution in [3.8, 4) is 11.3 Å². The van der Waals surface area contributed by atoms with E-state index in [1.807, 2.05) is 6.92 Å². The molecule has 3 aromatic rings. The molecular formula is C16H13ClN2O2S. The predicted molar refractivity (Wildman–Crippen MR) is 88.7 cm³/mol. The molecule has 0 aliphatic rings. The van der Waals surface area contributed by atoms with E-state index in [1.54, 1.807) is 48.5 Å². The van der Waals surface area contributed by atoms with Crippen LogP contribution in [0, 0.1) is 10.4 Å². The number of fused-ring (bicyclic) bond motifs is 1. The molecule has 0 atom stereocenters. The van der Waals surface area contributed by atoms with Crippen LogP contribution in [0.1, 0.15) is 6.92 Å². The normalized spacial score (nSPS) is 11.0. The number of thioether (sulfide) groups is 1. The molecule has 6 heteroatoms. The van der Waals surface area contributed by atoms with Gasteiger partial charge < -0.3 is 10.4 Å². The van der Waals surface area contributed by atoms with Crippen LogP contribution >= 0.6 is 23.4 Å². The number of hydrogen-bond donors (Lipinski definition) is 0. The van der Waals surface area contributed by atoms with Gasteiger partial charge in [0.15, 0.2) is 0 Å². The van der Waals surface area contributed by atoms with Gasteiger partial charge in [-0.25, -0.2) is 0 Å². The van der Waals surface area contributed by atoms with E-state index >= 15 is 0 Å². The molecule has 0 saturated carbocycles. The van der Waals surface area contributed by atoms with Gasteiger partial charge in [-0.2, -0.15) is 4.73 Å². The number of nitrogens with zero attached hydrogens (tertiary/aromatic N) is 2. The summed E-state index contributed by atoms with van der Waals surface area (Å²) in [6, 6.07) is 13.7. The minimum Gasteiger partial charge on any atom is -0.617 e. The Hall–Kier alpha value is -1.98. The quantitative estimate of drug-likeness (QED) is 0.419. The molecule has 0 amide bonds. The molecular weight excluding hydrogens is 320 g/mol.